The predicted molar refractivity (Wildman–Crippen MR) is 170 cm³/mol. The van der Waals surface area contributed by atoms with Gasteiger partial charge in [-0.05, 0) is 68.7 Å². The summed E-state index contributed by atoms with van der Waals surface area (Å²) in [5, 5.41) is 0. The van der Waals surface area contributed by atoms with Crippen molar-refractivity contribution in [1.29, 1.82) is 0 Å². The SMILES string of the molecule is CCCN(Cc1nc(-c2ccc(-c3ccc(-c4cnc(C5CCC(C)N5C)[nH]4)cc3)cc2)c(F)[nH]1)C(=O)CC1CCOCC1. The van der Waals surface area contributed by atoms with Crippen LogP contribution in [0.5, 0.6) is 0 Å². The van der Waals surface area contributed by atoms with Crippen LogP contribution in [0.3, 0.4) is 0 Å². The molecule has 2 N–H and O–H groups in total. The van der Waals surface area contributed by atoms with Crippen LogP contribution in [-0.2, 0) is 16.1 Å². The van der Waals surface area contributed by atoms with Gasteiger partial charge in [-0.15, -0.1) is 0 Å². The van der Waals surface area contributed by atoms with Gasteiger partial charge in [-0.3, -0.25) is 9.69 Å². The predicted octanol–water partition coefficient (Wildman–Crippen LogP) is 6.98. The highest BCUT2D eigenvalue weighted by atomic mass is 19.1. The molecule has 8 nitrogen and oxygen atoms in total. The Kier molecular flexibility index (Phi) is 9.23. The van der Waals surface area contributed by atoms with E-state index in [9.17, 15) is 4.79 Å². The van der Waals surface area contributed by atoms with E-state index in [1.54, 1.807) is 4.90 Å². The van der Waals surface area contributed by atoms with Gasteiger partial charge in [-0.1, -0.05) is 55.5 Å². The molecule has 4 aromatic rings. The standard InChI is InChI=1S/C35H43FN6O2/c1-4-17-42(32(43)20-24-15-18-44-19-16-24)22-31-39-33(34(36)40-31)28-12-8-26(9-13-28)25-6-10-27(11-7-25)29-21-37-35(38-29)30-14-5-23(2)41(30)3/h6-13,21,23-24,30H,4-5,14-20,22H2,1-3H3,(H,37,38)(H,39,40). The quantitative estimate of drug-likeness (QED) is 0.206. The average molecular weight is 599 g/mol. The second-order valence-electron chi connectivity index (χ2n) is 12.4. The molecule has 0 radical (unpaired) electrons. The normalized spacial score (nSPS) is 19.5. The summed E-state index contributed by atoms with van der Waals surface area (Å²) in [5.41, 5.74) is 5.18. The molecular weight excluding hydrogens is 555 g/mol. The van der Waals surface area contributed by atoms with Gasteiger partial charge in [0.2, 0.25) is 11.9 Å². The number of aromatic amines is 2. The van der Waals surface area contributed by atoms with Crippen molar-refractivity contribution in [3.63, 3.8) is 0 Å². The summed E-state index contributed by atoms with van der Waals surface area (Å²) in [7, 11) is 2.17. The Bertz CT molecular complexity index is 1540. The van der Waals surface area contributed by atoms with Crippen LogP contribution in [0.1, 0.15) is 70.1 Å². The number of carbonyl (C=O) groups is 1. The van der Waals surface area contributed by atoms with E-state index in [-0.39, 0.29) is 18.1 Å². The van der Waals surface area contributed by atoms with E-state index < -0.39 is 5.95 Å². The summed E-state index contributed by atoms with van der Waals surface area (Å²) < 4.78 is 20.5. The molecule has 2 atom stereocenters. The van der Waals surface area contributed by atoms with E-state index >= 15 is 4.39 Å². The molecule has 0 saturated carbocycles. The van der Waals surface area contributed by atoms with Crippen LogP contribution in [0.15, 0.2) is 54.7 Å². The first-order valence-electron chi connectivity index (χ1n) is 16.0. The molecule has 2 fully saturated rings. The van der Waals surface area contributed by atoms with Crippen molar-refractivity contribution in [1.82, 2.24) is 29.7 Å². The van der Waals surface area contributed by atoms with Crippen molar-refractivity contribution < 1.29 is 13.9 Å². The van der Waals surface area contributed by atoms with Crippen LogP contribution in [0.4, 0.5) is 4.39 Å². The number of amides is 1. The molecule has 4 heterocycles. The minimum Gasteiger partial charge on any atom is -0.381 e. The Morgan fingerprint density at radius 3 is 2.27 bits per heavy atom. The Hall–Kier alpha value is -3.82. The highest BCUT2D eigenvalue weighted by Gasteiger charge is 2.30. The lowest BCUT2D eigenvalue weighted by Crippen LogP contribution is -2.34. The summed E-state index contributed by atoms with van der Waals surface area (Å²) in [6.07, 6.45) is 7.39. The highest BCUT2D eigenvalue weighted by molar-refractivity contribution is 5.76. The number of carbonyl (C=O) groups excluding carboxylic acids is 1. The summed E-state index contributed by atoms with van der Waals surface area (Å²) in [6.45, 7) is 6.62. The van der Waals surface area contributed by atoms with E-state index in [1.807, 2.05) is 37.4 Å². The molecule has 0 bridgehead atoms. The molecule has 2 saturated heterocycles. The lowest BCUT2D eigenvalue weighted by molar-refractivity contribution is -0.133. The zero-order valence-electron chi connectivity index (χ0n) is 26.0. The molecule has 9 heteroatoms. The van der Waals surface area contributed by atoms with Gasteiger partial charge >= 0.3 is 0 Å². The first-order valence-corrected chi connectivity index (χ1v) is 16.0. The number of imidazole rings is 2. The molecule has 6 rings (SSSR count). The van der Waals surface area contributed by atoms with Crippen LogP contribution >= 0.6 is 0 Å². The highest BCUT2D eigenvalue weighted by Crippen LogP contribution is 2.34. The van der Waals surface area contributed by atoms with E-state index in [0.717, 1.165) is 53.9 Å². The van der Waals surface area contributed by atoms with Crippen molar-refractivity contribution in [3.05, 3.63) is 72.3 Å². The first kappa shape index (κ1) is 30.2. The molecule has 1 amide bonds. The van der Waals surface area contributed by atoms with Gasteiger partial charge in [0.25, 0.3) is 0 Å². The maximum atomic E-state index is 15.0. The molecule has 2 aliphatic heterocycles. The number of nitrogens with zero attached hydrogens (tertiary/aromatic N) is 4. The third kappa shape index (κ3) is 6.64. The van der Waals surface area contributed by atoms with Gasteiger partial charge in [0.1, 0.15) is 17.3 Å². The maximum absolute atomic E-state index is 15.0. The van der Waals surface area contributed by atoms with Gasteiger partial charge in [0.15, 0.2) is 0 Å². The smallest absolute Gasteiger partial charge is 0.223 e. The van der Waals surface area contributed by atoms with Crippen molar-refractivity contribution in [2.24, 2.45) is 5.92 Å². The fraction of sp³-hybridized carbons (Fsp3) is 0.457. The topological polar surface area (TPSA) is 90.1 Å². The van der Waals surface area contributed by atoms with E-state index in [2.05, 4.69) is 63.1 Å². The molecule has 0 spiro atoms. The van der Waals surface area contributed by atoms with Crippen LogP contribution in [0.2, 0.25) is 0 Å². The Labute approximate surface area is 259 Å². The van der Waals surface area contributed by atoms with E-state index in [1.165, 1.54) is 6.42 Å². The maximum Gasteiger partial charge on any atom is 0.223 e. The minimum atomic E-state index is -0.484. The fourth-order valence-electron chi connectivity index (χ4n) is 6.49. The second-order valence-corrected chi connectivity index (χ2v) is 12.4. The molecular formula is C35H43FN6O2. The second kappa shape index (κ2) is 13.4. The van der Waals surface area contributed by atoms with Crippen molar-refractivity contribution >= 4 is 5.91 Å². The third-order valence-corrected chi connectivity index (χ3v) is 9.34. The minimum absolute atomic E-state index is 0.0940. The zero-order valence-corrected chi connectivity index (χ0v) is 26.0. The summed E-state index contributed by atoms with van der Waals surface area (Å²) in [4.78, 5) is 32.8. The summed E-state index contributed by atoms with van der Waals surface area (Å²) in [6, 6.07) is 17.1. The number of benzene rings is 2. The number of H-pyrrole nitrogens is 2. The van der Waals surface area contributed by atoms with Crippen LogP contribution in [0.25, 0.3) is 33.6 Å². The Balaban J connectivity index is 1.11. The van der Waals surface area contributed by atoms with E-state index in [4.69, 9.17) is 4.74 Å². The van der Waals surface area contributed by atoms with Gasteiger partial charge in [-0.25, -0.2) is 9.97 Å². The van der Waals surface area contributed by atoms with Crippen LogP contribution < -0.4 is 0 Å². The van der Waals surface area contributed by atoms with Crippen LogP contribution in [0, 0.1) is 11.9 Å². The molecule has 232 valence electrons. The number of rotatable bonds is 10. The van der Waals surface area contributed by atoms with Gasteiger partial charge in [0, 0.05) is 37.8 Å². The van der Waals surface area contributed by atoms with Gasteiger partial charge < -0.3 is 19.6 Å². The third-order valence-electron chi connectivity index (χ3n) is 9.34. The molecule has 2 aromatic carbocycles. The number of hydrogen-bond donors (Lipinski definition) is 2. The number of hydrogen-bond acceptors (Lipinski definition) is 5. The molecule has 0 aliphatic carbocycles. The molecule has 2 aliphatic rings. The van der Waals surface area contributed by atoms with Gasteiger partial charge in [0.05, 0.1) is 24.5 Å². The molecule has 44 heavy (non-hydrogen) atoms. The zero-order chi connectivity index (χ0) is 30.6. The molecule has 2 unspecified atom stereocenters. The largest absolute Gasteiger partial charge is 0.381 e. The number of nitrogens with one attached hydrogen (secondary N) is 2. The van der Waals surface area contributed by atoms with Crippen molar-refractivity contribution in [2.45, 2.75) is 71.0 Å². The number of likely N-dealkylation sites (tertiary alicyclic amines) is 1. The number of halogens is 1. The van der Waals surface area contributed by atoms with Crippen molar-refractivity contribution in [3.8, 4) is 33.6 Å². The molecule has 2 aromatic heterocycles. The monoisotopic (exact) mass is 598 g/mol. The Morgan fingerprint density at radius 1 is 0.977 bits per heavy atom. The summed E-state index contributed by atoms with van der Waals surface area (Å²) in [5.74, 6) is 1.45. The first-order chi connectivity index (χ1) is 21.4. The Morgan fingerprint density at radius 2 is 1.64 bits per heavy atom. The van der Waals surface area contributed by atoms with E-state index in [0.29, 0.717) is 55.6 Å². The average Bonchev–Trinajstić information content (AvgIpc) is 3.76. The number of aromatic nitrogens is 4. The lowest BCUT2D eigenvalue weighted by Gasteiger charge is -2.26. The summed E-state index contributed by atoms with van der Waals surface area (Å²) >= 11 is 0. The number of ether oxygens (including phenoxy) is 1. The van der Waals surface area contributed by atoms with Crippen molar-refractivity contribution in [2.75, 3.05) is 26.8 Å². The fourth-order valence-corrected chi connectivity index (χ4v) is 6.49. The van der Waals surface area contributed by atoms with Crippen LogP contribution in [-0.4, -0.2) is 68.5 Å². The lowest BCUT2D eigenvalue weighted by atomic mass is 9.96. The van der Waals surface area contributed by atoms with Gasteiger partial charge in [-0.2, -0.15) is 4.39 Å².